The van der Waals surface area contributed by atoms with Gasteiger partial charge in [0.15, 0.2) is 5.96 Å². The number of nitrogens with zero attached hydrogens (tertiary/aromatic N) is 3. The number of aromatic nitrogens is 1. The van der Waals surface area contributed by atoms with Crippen LogP contribution in [0.25, 0.3) is 0 Å². The Morgan fingerprint density at radius 2 is 2.06 bits per heavy atom. The zero-order chi connectivity index (χ0) is 21.9. The highest BCUT2D eigenvalue weighted by atomic mass is 127. The molecule has 1 aromatic heterocycles. The molecule has 176 valence electrons. The van der Waals surface area contributed by atoms with Crippen molar-refractivity contribution >= 4 is 35.8 Å². The number of primary amides is 1. The second kappa shape index (κ2) is 14.4. The van der Waals surface area contributed by atoms with Gasteiger partial charge in [-0.05, 0) is 50.7 Å². The number of ether oxygens (including phenoxy) is 1. The van der Waals surface area contributed by atoms with E-state index in [1.54, 1.807) is 6.20 Å². The third kappa shape index (κ3) is 11.0. The van der Waals surface area contributed by atoms with Crippen molar-refractivity contribution in [1.29, 1.82) is 0 Å². The maximum atomic E-state index is 11.1. The SMILES string of the molecule is CCNC(=NCc1ccnc(OC(C)CC(C)C)c1)NC1CCN(CC(N)=O)CC1.I. The molecular formula is C22H39IN6O2. The number of hydrogen-bond donors (Lipinski definition) is 3. The molecule has 1 saturated heterocycles. The van der Waals surface area contributed by atoms with E-state index in [9.17, 15) is 4.79 Å². The topological polar surface area (TPSA) is 105 Å². The number of rotatable bonds is 10. The maximum Gasteiger partial charge on any atom is 0.231 e. The van der Waals surface area contributed by atoms with E-state index in [2.05, 4.69) is 48.2 Å². The number of guanidine groups is 1. The first-order valence-electron chi connectivity index (χ1n) is 11.0. The number of carbonyl (C=O) groups excluding carboxylic acids is 1. The number of hydrogen-bond acceptors (Lipinski definition) is 5. The standard InChI is InChI=1S/C22H38N6O2.HI/c1-5-24-22(27-19-7-10-28(11-8-19)15-20(23)29)26-14-18-6-9-25-21(13-18)30-17(4)12-16(2)3;/h6,9,13,16-17,19H,5,7-8,10-12,14-15H2,1-4H3,(H2,23,29)(H2,24,26,27);1H. The van der Waals surface area contributed by atoms with Crippen LogP contribution in [-0.2, 0) is 11.3 Å². The molecule has 8 nitrogen and oxygen atoms in total. The summed E-state index contributed by atoms with van der Waals surface area (Å²) in [6.07, 6.45) is 4.82. The summed E-state index contributed by atoms with van der Waals surface area (Å²) in [6, 6.07) is 4.27. The molecule has 0 radical (unpaired) electrons. The number of pyridine rings is 1. The Bertz CT molecular complexity index is 692. The summed E-state index contributed by atoms with van der Waals surface area (Å²) in [4.78, 5) is 22.3. The van der Waals surface area contributed by atoms with Gasteiger partial charge >= 0.3 is 0 Å². The van der Waals surface area contributed by atoms with Gasteiger partial charge in [-0.15, -0.1) is 24.0 Å². The first-order valence-corrected chi connectivity index (χ1v) is 11.0. The summed E-state index contributed by atoms with van der Waals surface area (Å²) in [6.45, 7) is 11.9. The van der Waals surface area contributed by atoms with Crippen molar-refractivity contribution in [3.05, 3.63) is 23.9 Å². The van der Waals surface area contributed by atoms with Crippen molar-refractivity contribution in [2.45, 2.75) is 65.6 Å². The molecule has 1 fully saturated rings. The second-order valence-electron chi connectivity index (χ2n) is 8.42. The number of halogens is 1. The molecule has 1 unspecified atom stereocenters. The van der Waals surface area contributed by atoms with Crippen LogP contribution in [-0.4, -0.2) is 60.1 Å². The molecule has 0 saturated carbocycles. The Balaban J connectivity index is 0.00000480. The van der Waals surface area contributed by atoms with Crippen molar-refractivity contribution < 1.29 is 9.53 Å². The molecule has 4 N–H and O–H groups in total. The van der Waals surface area contributed by atoms with Gasteiger partial charge in [0.2, 0.25) is 11.8 Å². The summed E-state index contributed by atoms with van der Waals surface area (Å²) in [5.41, 5.74) is 6.35. The number of likely N-dealkylation sites (tertiary alicyclic amines) is 1. The normalized spacial score (nSPS) is 16.5. The molecular weight excluding hydrogens is 507 g/mol. The number of piperidine rings is 1. The van der Waals surface area contributed by atoms with Crippen LogP contribution in [0.3, 0.4) is 0 Å². The third-order valence-corrected chi connectivity index (χ3v) is 5.00. The third-order valence-electron chi connectivity index (χ3n) is 5.00. The van der Waals surface area contributed by atoms with Crippen LogP contribution in [0.4, 0.5) is 0 Å². The maximum absolute atomic E-state index is 11.1. The summed E-state index contributed by atoms with van der Waals surface area (Å²) in [5, 5.41) is 6.83. The van der Waals surface area contributed by atoms with Crippen LogP contribution in [0.5, 0.6) is 5.88 Å². The smallest absolute Gasteiger partial charge is 0.231 e. The van der Waals surface area contributed by atoms with E-state index in [1.165, 1.54) is 0 Å². The molecule has 2 rings (SSSR count). The molecule has 1 aromatic rings. The van der Waals surface area contributed by atoms with Crippen LogP contribution < -0.4 is 21.1 Å². The van der Waals surface area contributed by atoms with Gasteiger partial charge in [0, 0.05) is 37.9 Å². The van der Waals surface area contributed by atoms with E-state index in [0.717, 1.165) is 50.4 Å². The highest BCUT2D eigenvalue weighted by molar-refractivity contribution is 14.0. The lowest BCUT2D eigenvalue weighted by Gasteiger charge is -2.32. The zero-order valence-corrected chi connectivity index (χ0v) is 21.6. The minimum atomic E-state index is -0.268. The number of amides is 1. The zero-order valence-electron chi connectivity index (χ0n) is 19.3. The quantitative estimate of drug-likeness (QED) is 0.237. The Hall–Kier alpha value is -1.62. The van der Waals surface area contributed by atoms with Crippen molar-refractivity contribution in [1.82, 2.24) is 20.5 Å². The fourth-order valence-electron chi connectivity index (χ4n) is 3.67. The average molecular weight is 546 g/mol. The number of nitrogens with two attached hydrogens (primary N) is 1. The van der Waals surface area contributed by atoms with Gasteiger partial charge in [0.05, 0.1) is 19.2 Å². The molecule has 0 spiro atoms. The summed E-state index contributed by atoms with van der Waals surface area (Å²) in [5.74, 6) is 1.77. The Kier molecular flexibility index (Phi) is 12.8. The van der Waals surface area contributed by atoms with Crippen LogP contribution >= 0.6 is 24.0 Å². The molecule has 1 aliphatic rings. The number of aliphatic imine (C=N–C) groups is 1. The van der Waals surface area contributed by atoms with Crippen LogP contribution in [0.15, 0.2) is 23.3 Å². The Morgan fingerprint density at radius 3 is 2.68 bits per heavy atom. The predicted molar refractivity (Wildman–Crippen MR) is 136 cm³/mol. The Labute approximate surface area is 203 Å². The van der Waals surface area contributed by atoms with Crippen LogP contribution in [0, 0.1) is 5.92 Å². The van der Waals surface area contributed by atoms with E-state index < -0.39 is 0 Å². The van der Waals surface area contributed by atoms with Gasteiger partial charge in [0.1, 0.15) is 0 Å². The lowest BCUT2D eigenvalue weighted by Crippen LogP contribution is -2.49. The minimum Gasteiger partial charge on any atom is -0.475 e. The van der Waals surface area contributed by atoms with E-state index in [4.69, 9.17) is 15.5 Å². The summed E-state index contributed by atoms with van der Waals surface area (Å²) < 4.78 is 5.95. The van der Waals surface area contributed by atoms with Crippen LogP contribution in [0.2, 0.25) is 0 Å². The molecule has 9 heteroatoms. The van der Waals surface area contributed by atoms with Gasteiger partial charge < -0.3 is 21.1 Å². The average Bonchev–Trinajstić information content (AvgIpc) is 2.67. The molecule has 1 atom stereocenters. The molecule has 31 heavy (non-hydrogen) atoms. The van der Waals surface area contributed by atoms with Crippen molar-refractivity contribution in [3.8, 4) is 5.88 Å². The lowest BCUT2D eigenvalue weighted by molar-refractivity contribution is -0.119. The van der Waals surface area contributed by atoms with Gasteiger partial charge in [-0.1, -0.05) is 13.8 Å². The fourth-order valence-corrected chi connectivity index (χ4v) is 3.67. The predicted octanol–water partition coefficient (Wildman–Crippen LogP) is 2.52. The monoisotopic (exact) mass is 546 g/mol. The van der Waals surface area contributed by atoms with E-state index in [0.29, 0.717) is 30.9 Å². The highest BCUT2D eigenvalue weighted by Gasteiger charge is 2.20. The van der Waals surface area contributed by atoms with Gasteiger partial charge in [-0.25, -0.2) is 9.98 Å². The van der Waals surface area contributed by atoms with Gasteiger partial charge in [-0.3, -0.25) is 9.69 Å². The fraction of sp³-hybridized carbons (Fsp3) is 0.682. The van der Waals surface area contributed by atoms with Crippen molar-refractivity contribution in [2.75, 3.05) is 26.2 Å². The van der Waals surface area contributed by atoms with E-state index in [1.807, 2.05) is 12.1 Å². The first kappa shape index (κ1) is 27.4. The molecule has 0 aliphatic carbocycles. The number of nitrogens with one attached hydrogen (secondary N) is 2. The van der Waals surface area contributed by atoms with E-state index >= 15 is 0 Å². The largest absolute Gasteiger partial charge is 0.475 e. The van der Waals surface area contributed by atoms with Gasteiger partial charge in [-0.2, -0.15) is 0 Å². The van der Waals surface area contributed by atoms with E-state index in [-0.39, 0.29) is 36.0 Å². The molecule has 1 amide bonds. The molecule has 2 heterocycles. The van der Waals surface area contributed by atoms with Crippen molar-refractivity contribution in [2.24, 2.45) is 16.6 Å². The first-order chi connectivity index (χ1) is 14.4. The van der Waals surface area contributed by atoms with Crippen molar-refractivity contribution in [3.63, 3.8) is 0 Å². The van der Waals surface area contributed by atoms with Gasteiger partial charge in [0.25, 0.3) is 0 Å². The summed E-state index contributed by atoms with van der Waals surface area (Å²) in [7, 11) is 0. The summed E-state index contributed by atoms with van der Waals surface area (Å²) >= 11 is 0. The minimum absolute atomic E-state index is 0. The highest BCUT2D eigenvalue weighted by Crippen LogP contribution is 2.15. The molecule has 1 aliphatic heterocycles. The van der Waals surface area contributed by atoms with Crippen LogP contribution in [0.1, 0.15) is 52.5 Å². The molecule has 0 bridgehead atoms. The molecule has 0 aromatic carbocycles. The Morgan fingerprint density at radius 1 is 1.35 bits per heavy atom. The lowest BCUT2D eigenvalue weighted by atomic mass is 10.1. The number of carbonyl (C=O) groups is 1. The second-order valence-corrected chi connectivity index (χ2v) is 8.42.